The lowest BCUT2D eigenvalue weighted by atomic mass is 9.77. The van der Waals surface area contributed by atoms with E-state index in [1.807, 2.05) is 0 Å². The Morgan fingerprint density at radius 2 is 1.54 bits per heavy atom. The summed E-state index contributed by atoms with van der Waals surface area (Å²) in [6, 6.07) is 0. The molecule has 0 saturated heterocycles. The van der Waals surface area contributed by atoms with Gasteiger partial charge in [0.1, 0.15) is 18.3 Å². The fraction of sp³-hybridized carbons (Fsp3) is 0.882. The number of ether oxygens (including phenoxy) is 1. The summed E-state index contributed by atoms with van der Waals surface area (Å²) in [5.74, 6) is -2.07. The maximum Gasteiger partial charge on any atom is 0.309 e. The van der Waals surface area contributed by atoms with E-state index in [0.717, 1.165) is 25.7 Å². The van der Waals surface area contributed by atoms with E-state index in [9.17, 15) is 24.9 Å². The molecule has 2 aliphatic rings. The van der Waals surface area contributed by atoms with Gasteiger partial charge in [0.05, 0.1) is 17.9 Å². The fourth-order valence-corrected chi connectivity index (χ4v) is 3.82. The zero-order chi connectivity index (χ0) is 18.0. The van der Waals surface area contributed by atoms with Crippen LogP contribution in [0.25, 0.3) is 0 Å². The van der Waals surface area contributed by atoms with Gasteiger partial charge >= 0.3 is 11.9 Å². The van der Waals surface area contributed by atoms with Crippen LogP contribution in [-0.4, -0.2) is 56.8 Å². The predicted molar refractivity (Wildman–Crippen MR) is 83.9 cm³/mol. The van der Waals surface area contributed by atoms with Crippen LogP contribution in [0, 0.1) is 23.7 Å². The summed E-state index contributed by atoms with van der Waals surface area (Å²) in [4.78, 5) is 23.5. The number of rotatable bonds is 4. The number of hydrogen-bond donors (Lipinski definition) is 4. The molecular weight excluding hydrogens is 316 g/mol. The first-order valence-corrected chi connectivity index (χ1v) is 8.69. The first kappa shape index (κ1) is 19.1. The van der Waals surface area contributed by atoms with Gasteiger partial charge in [-0.25, -0.2) is 0 Å². The molecule has 4 N–H and O–H groups in total. The molecular formula is C17H28O7. The number of aliphatic hydroxyl groups excluding tert-OH is 3. The molecule has 0 heterocycles. The van der Waals surface area contributed by atoms with Crippen molar-refractivity contribution in [2.45, 2.75) is 70.4 Å². The quantitative estimate of drug-likeness (QED) is 0.549. The maximum absolute atomic E-state index is 12.3. The Kier molecular flexibility index (Phi) is 6.22. The average Bonchev–Trinajstić information content (AvgIpc) is 2.55. The highest BCUT2D eigenvalue weighted by Gasteiger charge is 2.47. The molecule has 2 saturated carbocycles. The summed E-state index contributed by atoms with van der Waals surface area (Å²) in [6.45, 7) is 4.33. The second-order valence-electron chi connectivity index (χ2n) is 7.48. The molecule has 0 radical (unpaired) electrons. The second kappa shape index (κ2) is 7.80. The maximum atomic E-state index is 12.3. The molecule has 0 amide bonds. The van der Waals surface area contributed by atoms with Crippen molar-refractivity contribution in [2.24, 2.45) is 23.7 Å². The van der Waals surface area contributed by atoms with Crippen molar-refractivity contribution in [1.82, 2.24) is 0 Å². The van der Waals surface area contributed by atoms with E-state index in [0.29, 0.717) is 11.8 Å². The minimum absolute atomic E-state index is 0.207. The number of hydrogen-bond acceptors (Lipinski definition) is 6. The van der Waals surface area contributed by atoms with E-state index in [-0.39, 0.29) is 12.3 Å². The first-order chi connectivity index (χ1) is 11.2. The third-order valence-electron chi connectivity index (χ3n) is 5.61. The minimum Gasteiger partial charge on any atom is -0.481 e. The van der Waals surface area contributed by atoms with Crippen LogP contribution in [0.15, 0.2) is 0 Å². The number of carbonyl (C=O) groups excluding carboxylic acids is 1. The van der Waals surface area contributed by atoms with Crippen molar-refractivity contribution >= 4 is 11.9 Å². The summed E-state index contributed by atoms with van der Waals surface area (Å²) in [6.07, 6.45) is -2.68. The zero-order valence-corrected chi connectivity index (χ0v) is 14.2. The molecule has 0 aromatic rings. The Morgan fingerprint density at radius 1 is 0.958 bits per heavy atom. The van der Waals surface area contributed by atoms with Crippen molar-refractivity contribution in [3.8, 4) is 0 Å². The number of carbonyl (C=O) groups is 2. The molecule has 7 nitrogen and oxygen atoms in total. The van der Waals surface area contributed by atoms with Gasteiger partial charge in [0.2, 0.25) is 0 Å². The van der Waals surface area contributed by atoms with Gasteiger partial charge in [0.15, 0.2) is 0 Å². The number of carboxylic acids is 1. The minimum atomic E-state index is -1.64. The predicted octanol–water partition coefficient (Wildman–Crippen LogP) is 0.548. The van der Waals surface area contributed by atoms with Gasteiger partial charge in [0.25, 0.3) is 0 Å². The van der Waals surface area contributed by atoms with Crippen molar-refractivity contribution in [3.05, 3.63) is 0 Å². The molecule has 0 spiro atoms. The summed E-state index contributed by atoms with van der Waals surface area (Å²) >= 11 is 0. The van der Waals surface area contributed by atoms with Gasteiger partial charge in [-0.3, -0.25) is 9.59 Å². The summed E-state index contributed by atoms with van der Waals surface area (Å²) in [5.41, 5.74) is 0. The van der Waals surface area contributed by atoms with Crippen molar-refractivity contribution in [1.29, 1.82) is 0 Å². The monoisotopic (exact) mass is 344 g/mol. The zero-order valence-electron chi connectivity index (χ0n) is 14.2. The molecule has 5 atom stereocenters. The molecule has 0 aliphatic heterocycles. The normalized spacial score (nSPS) is 40.3. The number of aliphatic carboxylic acids is 1. The van der Waals surface area contributed by atoms with Crippen molar-refractivity contribution in [3.63, 3.8) is 0 Å². The molecule has 0 bridgehead atoms. The van der Waals surface area contributed by atoms with E-state index in [1.54, 1.807) is 0 Å². The van der Waals surface area contributed by atoms with E-state index in [2.05, 4.69) is 13.8 Å². The van der Waals surface area contributed by atoms with Crippen molar-refractivity contribution < 1.29 is 34.8 Å². The summed E-state index contributed by atoms with van der Waals surface area (Å²) < 4.78 is 5.31. The van der Waals surface area contributed by atoms with Crippen LogP contribution < -0.4 is 0 Å². The SMILES string of the molecule is CC(C)C1CCC(C(=O)OC2C[C@H](C(=O)O)[C@@H](O)[C@H](O)[C@H]2O)CC1. The fourth-order valence-electron chi connectivity index (χ4n) is 3.82. The van der Waals surface area contributed by atoms with Crippen LogP contribution in [0.5, 0.6) is 0 Å². The summed E-state index contributed by atoms with van der Waals surface area (Å²) in [7, 11) is 0. The molecule has 7 heteroatoms. The lowest BCUT2D eigenvalue weighted by Crippen LogP contribution is -2.56. The van der Waals surface area contributed by atoms with Gasteiger partial charge < -0.3 is 25.2 Å². The molecule has 138 valence electrons. The summed E-state index contributed by atoms with van der Waals surface area (Å²) in [5, 5.41) is 38.6. The Balaban J connectivity index is 1.94. The van der Waals surface area contributed by atoms with Gasteiger partial charge in [-0.15, -0.1) is 0 Å². The van der Waals surface area contributed by atoms with Gasteiger partial charge in [-0.1, -0.05) is 13.8 Å². The highest BCUT2D eigenvalue weighted by Crippen LogP contribution is 2.35. The third kappa shape index (κ3) is 4.07. The molecule has 24 heavy (non-hydrogen) atoms. The average molecular weight is 344 g/mol. The first-order valence-electron chi connectivity index (χ1n) is 8.69. The lowest BCUT2D eigenvalue weighted by Gasteiger charge is -2.39. The Labute approximate surface area is 141 Å². The lowest BCUT2D eigenvalue weighted by molar-refractivity contribution is -0.196. The topological polar surface area (TPSA) is 124 Å². The van der Waals surface area contributed by atoms with Crippen LogP contribution in [-0.2, 0) is 14.3 Å². The Hall–Kier alpha value is -1.18. The molecule has 0 aromatic carbocycles. The molecule has 2 rings (SSSR count). The third-order valence-corrected chi connectivity index (χ3v) is 5.61. The van der Waals surface area contributed by atoms with Crippen LogP contribution in [0.2, 0.25) is 0 Å². The number of carboxylic acid groups (broad SMARTS) is 1. The van der Waals surface area contributed by atoms with Crippen molar-refractivity contribution in [2.75, 3.05) is 0 Å². The Bertz CT molecular complexity index is 456. The van der Waals surface area contributed by atoms with Crippen LogP contribution in [0.3, 0.4) is 0 Å². The largest absolute Gasteiger partial charge is 0.481 e. The molecule has 1 unspecified atom stereocenters. The number of esters is 1. The number of aliphatic hydroxyl groups is 3. The Morgan fingerprint density at radius 3 is 2.04 bits per heavy atom. The van der Waals surface area contributed by atoms with Gasteiger partial charge in [-0.05, 0) is 37.5 Å². The van der Waals surface area contributed by atoms with E-state index in [1.165, 1.54) is 0 Å². The van der Waals surface area contributed by atoms with Gasteiger partial charge in [-0.2, -0.15) is 0 Å². The smallest absolute Gasteiger partial charge is 0.309 e. The molecule has 2 aliphatic carbocycles. The van der Waals surface area contributed by atoms with Gasteiger partial charge in [0, 0.05) is 6.42 Å². The van der Waals surface area contributed by atoms with Crippen LogP contribution in [0.1, 0.15) is 46.0 Å². The highest BCUT2D eigenvalue weighted by atomic mass is 16.6. The second-order valence-corrected chi connectivity index (χ2v) is 7.48. The standard InChI is InChI=1S/C17H28O7/c1-8(2)9-3-5-10(6-4-9)17(23)24-12-7-11(16(21)22)13(18)15(20)14(12)19/h8-15,18-20H,3-7H2,1-2H3,(H,21,22)/t9?,10?,11-,12?,13+,14-,15-/m0/s1. The van der Waals surface area contributed by atoms with E-state index < -0.39 is 42.3 Å². The van der Waals surface area contributed by atoms with E-state index >= 15 is 0 Å². The molecule has 2 fully saturated rings. The van der Waals surface area contributed by atoms with E-state index in [4.69, 9.17) is 9.84 Å². The molecule has 0 aromatic heterocycles. The van der Waals surface area contributed by atoms with Crippen LogP contribution in [0.4, 0.5) is 0 Å². The van der Waals surface area contributed by atoms with Crippen LogP contribution >= 0.6 is 0 Å². The highest BCUT2D eigenvalue weighted by molar-refractivity contribution is 5.73.